The fraction of sp³-hybridized carbons (Fsp3) is 0.467. The van der Waals surface area contributed by atoms with Gasteiger partial charge in [-0.1, -0.05) is 13.8 Å². The molecule has 2 aromatic heterocycles. The third-order valence-electron chi connectivity index (χ3n) is 3.42. The molecule has 0 saturated carbocycles. The highest BCUT2D eigenvalue weighted by molar-refractivity contribution is 9.10. The third-order valence-corrected chi connectivity index (χ3v) is 3.85. The average Bonchev–Trinajstić information content (AvgIpc) is 2.44. The van der Waals surface area contributed by atoms with Crippen LogP contribution in [0, 0.1) is 5.41 Å². The van der Waals surface area contributed by atoms with E-state index in [4.69, 9.17) is 5.73 Å². The number of rotatable bonds is 5. The van der Waals surface area contributed by atoms with Crippen LogP contribution < -0.4 is 10.6 Å². The molecule has 2 N–H and O–H groups in total. The molecule has 0 aliphatic heterocycles. The molecule has 2 rings (SSSR count). The van der Waals surface area contributed by atoms with Crippen molar-refractivity contribution in [2.75, 3.05) is 24.5 Å². The standard InChI is InChI=1S/C15H21BrN4/c1-4-20(10-15(2,3)9-17)13-5-6-18-12-7-11(16)8-19-14(12)13/h5-8H,4,9-10,17H2,1-3H3. The van der Waals surface area contributed by atoms with Gasteiger partial charge in [0.2, 0.25) is 0 Å². The quantitative estimate of drug-likeness (QED) is 0.910. The fourth-order valence-electron chi connectivity index (χ4n) is 2.20. The summed E-state index contributed by atoms with van der Waals surface area (Å²) in [6.07, 6.45) is 3.65. The van der Waals surface area contributed by atoms with Gasteiger partial charge in [-0.3, -0.25) is 9.97 Å². The molecule has 0 unspecified atom stereocenters. The van der Waals surface area contributed by atoms with Gasteiger partial charge in [-0.15, -0.1) is 0 Å². The van der Waals surface area contributed by atoms with E-state index in [2.05, 4.69) is 51.6 Å². The van der Waals surface area contributed by atoms with Crippen LogP contribution in [0.4, 0.5) is 5.69 Å². The second kappa shape index (κ2) is 6.06. The normalized spacial score (nSPS) is 11.8. The van der Waals surface area contributed by atoms with Crippen molar-refractivity contribution >= 4 is 32.7 Å². The molecule has 108 valence electrons. The maximum absolute atomic E-state index is 5.86. The number of fused-ring (bicyclic) bond motifs is 1. The fourth-order valence-corrected chi connectivity index (χ4v) is 2.51. The number of anilines is 1. The predicted molar refractivity (Wildman–Crippen MR) is 88.0 cm³/mol. The maximum Gasteiger partial charge on any atom is 0.112 e. The van der Waals surface area contributed by atoms with Crippen molar-refractivity contribution in [1.82, 2.24) is 9.97 Å². The zero-order valence-corrected chi connectivity index (χ0v) is 13.8. The molecule has 0 aliphatic rings. The molecule has 0 atom stereocenters. The van der Waals surface area contributed by atoms with E-state index in [0.29, 0.717) is 6.54 Å². The average molecular weight is 337 g/mol. The lowest BCUT2D eigenvalue weighted by atomic mass is 9.93. The third kappa shape index (κ3) is 3.27. The van der Waals surface area contributed by atoms with Crippen LogP contribution in [0.3, 0.4) is 0 Å². The zero-order valence-electron chi connectivity index (χ0n) is 12.2. The van der Waals surface area contributed by atoms with Crippen molar-refractivity contribution in [2.45, 2.75) is 20.8 Å². The Kier molecular flexibility index (Phi) is 4.60. The minimum atomic E-state index is 0.0704. The molecule has 20 heavy (non-hydrogen) atoms. The Labute approximate surface area is 128 Å². The van der Waals surface area contributed by atoms with E-state index >= 15 is 0 Å². The Balaban J connectivity index is 2.44. The lowest BCUT2D eigenvalue weighted by Gasteiger charge is -2.33. The first-order valence-electron chi connectivity index (χ1n) is 6.82. The van der Waals surface area contributed by atoms with E-state index in [1.807, 2.05) is 24.5 Å². The Morgan fingerprint density at radius 1 is 1.35 bits per heavy atom. The van der Waals surface area contributed by atoms with Gasteiger partial charge in [0.25, 0.3) is 0 Å². The summed E-state index contributed by atoms with van der Waals surface area (Å²) in [7, 11) is 0. The van der Waals surface area contributed by atoms with E-state index < -0.39 is 0 Å². The molecule has 0 bridgehead atoms. The van der Waals surface area contributed by atoms with Crippen LogP contribution in [0.2, 0.25) is 0 Å². The summed E-state index contributed by atoms with van der Waals surface area (Å²) in [4.78, 5) is 11.2. The summed E-state index contributed by atoms with van der Waals surface area (Å²) in [5.41, 5.74) is 8.89. The minimum absolute atomic E-state index is 0.0704. The van der Waals surface area contributed by atoms with Crippen LogP contribution in [0.25, 0.3) is 11.0 Å². The first kappa shape index (κ1) is 15.2. The van der Waals surface area contributed by atoms with Crippen molar-refractivity contribution in [1.29, 1.82) is 0 Å². The Morgan fingerprint density at radius 2 is 2.10 bits per heavy atom. The SMILES string of the molecule is CCN(CC(C)(C)CN)c1ccnc2cc(Br)cnc12. The highest BCUT2D eigenvalue weighted by atomic mass is 79.9. The second-order valence-corrected chi connectivity index (χ2v) is 6.65. The molecule has 0 spiro atoms. The van der Waals surface area contributed by atoms with Crippen LogP contribution in [-0.2, 0) is 0 Å². The van der Waals surface area contributed by atoms with E-state index in [-0.39, 0.29) is 5.41 Å². The molecular weight excluding hydrogens is 316 g/mol. The van der Waals surface area contributed by atoms with Crippen LogP contribution in [0.5, 0.6) is 0 Å². The highest BCUT2D eigenvalue weighted by Crippen LogP contribution is 2.27. The first-order valence-corrected chi connectivity index (χ1v) is 7.61. The van der Waals surface area contributed by atoms with Crippen LogP contribution in [-0.4, -0.2) is 29.6 Å². The monoisotopic (exact) mass is 336 g/mol. The van der Waals surface area contributed by atoms with Gasteiger partial charge in [-0.2, -0.15) is 0 Å². The van der Waals surface area contributed by atoms with Crippen molar-refractivity contribution in [2.24, 2.45) is 11.1 Å². The number of nitrogens with two attached hydrogens (primary N) is 1. The van der Waals surface area contributed by atoms with Crippen molar-refractivity contribution in [3.8, 4) is 0 Å². The Morgan fingerprint density at radius 3 is 2.75 bits per heavy atom. The molecule has 0 amide bonds. The summed E-state index contributed by atoms with van der Waals surface area (Å²) in [5, 5.41) is 0. The van der Waals surface area contributed by atoms with Crippen LogP contribution in [0.15, 0.2) is 29.0 Å². The molecular formula is C15H21BrN4. The van der Waals surface area contributed by atoms with Gasteiger partial charge in [0.15, 0.2) is 0 Å². The molecule has 4 nitrogen and oxygen atoms in total. The van der Waals surface area contributed by atoms with Crippen molar-refractivity contribution in [3.05, 3.63) is 29.0 Å². The van der Waals surface area contributed by atoms with Gasteiger partial charge < -0.3 is 10.6 Å². The Bertz CT molecular complexity index is 597. The number of hydrogen-bond donors (Lipinski definition) is 1. The van der Waals surface area contributed by atoms with Crippen LogP contribution >= 0.6 is 15.9 Å². The molecule has 5 heteroatoms. The van der Waals surface area contributed by atoms with E-state index in [1.54, 1.807) is 0 Å². The second-order valence-electron chi connectivity index (χ2n) is 5.73. The smallest absolute Gasteiger partial charge is 0.112 e. The van der Waals surface area contributed by atoms with Crippen molar-refractivity contribution < 1.29 is 0 Å². The van der Waals surface area contributed by atoms with Gasteiger partial charge in [0.05, 0.1) is 11.2 Å². The summed E-state index contributed by atoms with van der Waals surface area (Å²) in [6.45, 7) is 8.99. The van der Waals surface area contributed by atoms with E-state index in [9.17, 15) is 0 Å². The summed E-state index contributed by atoms with van der Waals surface area (Å²) < 4.78 is 0.944. The summed E-state index contributed by atoms with van der Waals surface area (Å²) >= 11 is 3.44. The largest absolute Gasteiger partial charge is 0.369 e. The molecule has 0 saturated heterocycles. The van der Waals surface area contributed by atoms with Gasteiger partial charge in [-0.05, 0) is 46.9 Å². The number of hydrogen-bond acceptors (Lipinski definition) is 4. The highest BCUT2D eigenvalue weighted by Gasteiger charge is 2.21. The topological polar surface area (TPSA) is 55.0 Å². The van der Waals surface area contributed by atoms with E-state index in [1.165, 1.54) is 0 Å². The van der Waals surface area contributed by atoms with E-state index in [0.717, 1.165) is 34.3 Å². The van der Waals surface area contributed by atoms with Crippen molar-refractivity contribution in [3.63, 3.8) is 0 Å². The Hall–Kier alpha value is -1.20. The number of nitrogens with zero attached hydrogens (tertiary/aromatic N) is 3. The first-order chi connectivity index (χ1) is 9.46. The predicted octanol–water partition coefficient (Wildman–Crippen LogP) is 3.20. The van der Waals surface area contributed by atoms with Gasteiger partial charge >= 0.3 is 0 Å². The summed E-state index contributed by atoms with van der Waals surface area (Å²) in [5.74, 6) is 0. The summed E-state index contributed by atoms with van der Waals surface area (Å²) in [6, 6.07) is 4.02. The number of pyridine rings is 2. The van der Waals surface area contributed by atoms with Crippen LogP contribution in [0.1, 0.15) is 20.8 Å². The molecule has 2 heterocycles. The molecule has 0 aromatic carbocycles. The number of aromatic nitrogens is 2. The van der Waals surface area contributed by atoms with Gasteiger partial charge in [0.1, 0.15) is 5.52 Å². The number of halogens is 1. The molecule has 0 fully saturated rings. The molecule has 0 radical (unpaired) electrons. The lowest BCUT2D eigenvalue weighted by molar-refractivity contribution is 0.380. The minimum Gasteiger partial charge on any atom is -0.369 e. The van der Waals surface area contributed by atoms with Gasteiger partial charge in [0, 0.05) is 30.0 Å². The van der Waals surface area contributed by atoms with Gasteiger partial charge in [-0.25, -0.2) is 0 Å². The zero-order chi connectivity index (χ0) is 14.8. The molecule has 0 aliphatic carbocycles. The maximum atomic E-state index is 5.86. The lowest BCUT2D eigenvalue weighted by Crippen LogP contribution is -2.39. The molecule has 2 aromatic rings.